The van der Waals surface area contributed by atoms with Gasteiger partial charge in [-0.05, 0) is 41.8 Å². The molecule has 1 aromatic heterocycles. The molecule has 4 atom stereocenters. The van der Waals surface area contributed by atoms with Crippen molar-refractivity contribution in [3.63, 3.8) is 0 Å². The standard InChI is InChI=1S/C28H35NO6Si/c1-5-11-33-28(32)26-24-21-14-19(35-17-18-7-6-10-29-16-18)8-9-20(21)22(15-23(24)30)25(26)27(31)34-12-13-36(2,3)4/h6-10,14,16,22,24-26H,5,11-13,15,17H2,1-4H3/t22?,24-,25?,26-/m1/s1. The van der Waals surface area contributed by atoms with Gasteiger partial charge in [-0.2, -0.15) is 0 Å². The van der Waals surface area contributed by atoms with Gasteiger partial charge in [0.1, 0.15) is 18.1 Å². The topological polar surface area (TPSA) is 91.8 Å². The highest BCUT2D eigenvalue weighted by Crippen LogP contribution is 2.55. The van der Waals surface area contributed by atoms with Gasteiger partial charge in [-0.3, -0.25) is 19.4 Å². The highest BCUT2D eigenvalue weighted by molar-refractivity contribution is 6.76. The molecule has 0 saturated heterocycles. The van der Waals surface area contributed by atoms with Crippen LogP contribution < -0.4 is 4.74 Å². The van der Waals surface area contributed by atoms with Crippen LogP contribution in [0.2, 0.25) is 25.7 Å². The predicted molar refractivity (Wildman–Crippen MR) is 137 cm³/mol. The Morgan fingerprint density at radius 2 is 1.78 bits per heavy atom. The summed E-state index contributed by atoms with van der Waals surface area (Å²) in [6, 6.07) is 10.2. The Kier molecular flexibility index (Phi) is 7.93. The molecule has 5 rings (SSSR count). The average molecular weight is 510 g/mol. The van der Waals surface area contributed by atoms with Crippen LogP contribution in [0.25, 0.3) is 0 Å². The van der Waals surface area contributed by atoms with Crippen LogP contribution in [0.1, 0.15) is 48.3 Å². The Balaban J connectivity index is 1.62. The number of Topliss-reactive ketones (excluding diaryl/α,β-unsaturated/α-hetero) is 1. The summed E-state index contributed by atoms with van der Waals surface area (Å²) in [5.74, 6) is -3.11. The first kappa shape index (κ1) is 26.1. The largest absolute Gasteiger partial charge is 0.489 e. The summed E-state index contributed by atoms with van der Waals surface area (Å²) >= 11 is 0. The van der Waals surface area contributed by atoms with E-state index in [9.17, 15) is 14.4 Å². The fourth-order valence-corrected chi connectivity index (χ4v) is 5.86. The lowest BCUT2D eigenvalue weighted by atomic mass is 9.55. The molecule has 1 fully saturated rings. The molecule has 192 valence electrons. The van der Waals surface area contributed by atoms with E-state index in [2.05, 4.69) is 24.6 Å². The highest BCUT2D eigenvalue weighted by Gasteiger charge is 2.57. The number of aromatic nitrogens is 1. The van der Waals surface area contributed by atoms with Gasteiger partial charge in [-0.1, -0.05) is 38.7 Å². The first-order chi connectivity index (χ1) is 17.2. The summed E-state index contributed by atoms with van der Waals surface area (Å²) in [5.41, 5.74) is 2.60. The Hall–Kier alpha value is -3.00. The molecule has 8 heteroatoms. The maximum Gasteiger partial charge on any atom is 0.310 e. The van der Waals surface area contributed by atoms with Gasteiger partial charge in [0.2, 0.25) is 0 Å². The number of hydrogen-bond donors (Lipinski definition) is 0. The third kappa shape index (κ3) is 5.69. The zero-order chi connectivity index (χ0) is 25.9. The molecule has 2 unspecified atom stereocenters. The minimum atomic E-state index is -1.39. The molecule has 0 spiro atoms. The lowest BCUT2D eigenvalue weighted by Gasteiger charge is -2.46. The number of fused-ring (bicyclic) bond motifs is 2. The van der Waals surface area contributed by atoms with Crippen LogP contribution in [-0.4, -0.2) is 44.0 Å². The van der Waals surface area contributed by atoms with E-state index in [4.69, 9.17) is 14.2 Å². The molecule has 2 aromatic rings. The van der Waals surface area contributed by atoms with E-state index in [1.165, 1.54) is 0 Å². The number of carbonyl (C=O) groups excluding carboxylic acids is 3. The van der Waals surface area contributed by atoms with Crippen molar-refractivity contribution in [2.75, 3.05) is 13.2 Å². The molecular formula is C28H35NO6Si. The van der Waals surface area contributed by atoms with Crippen molar-refractivity contribution >= 4 is 25.8 Å². The fraction of sp³-hybridized carbons (Fsp3) is 0.500. The molecule has 1 aromatic carbocycles. The molecular weight excluding hydrogens is 474 g/mol. The minimum Gasteiger partial charge on any atom is -0.489 e. The summed E-state index contributed by atoms with van der Waals surface area (Å²) in [6.07, 6.45) is 4.32. The number of benzene rings is 1. The average Bonchev–Trinajstić information content (AvgIpc) is 2.85. The van der Waals surface area contributed by atoms with Gasteiger partial charge in [0.25, 0.3) is 0 Å². The molecule has 0 radical (unpaired) electrons. The molecule has 0 aliphatic heterocycles. The predicted octanol–water partition coefficient (Wildman–Crippen LogP) is 4.88. The number of ketones is 1. The number of pyridine rings is 1. The number of hydrogen-bond acceptors (Lipinski definition) is 7. The molecule has 3 aliphatic rings. The molecule has 1 heterocycles. The second-order valence-electron chi connectivity index (χ2n) is 10.9. The van der Waals surface area contributed by atoms with Crippen LogP contribution in [0, 0.1) is 11.8 Å². The second kappa shape index (κ2) is 10.9. The minimum absolute atomic E-state index is 0.0403. The molecule has 7 nitrogen and oxygen atoms in total. The molecule has 0 N–H and O–H groups in total. The summed E-state index contributed by atoms with van der Waals surface area (Å²) in [5, 5.41) is 0. The van der Waals surface area contributed by atoms with Crippen molar-refractivity contribution in [1.29, 1.82) is 0 Å². The fourth-order valence-electron chi connectivity index (χ4n) is 5.15. The lowest BCUT2D eigenvalue weighted by molar-refractivity contribution is -0.167. The smallest absolute Gasteiger partial charge is 0.310 e. The van der Waals surface area contributed by atoms with E-state index in [0.717, 1.165) is 22.7 Å². The summed E-state index contributed by atoms with van der Waals surface area (Å²) in [4.78, 5) is 43.9. The van der Waals surface area contributed by atoms with Crippen LogP contribution in [0.5, 0.6) is 5.75 Å². The van der Waals surface area contributed by atoms with Gasteiger partial charge in [0.15, 0.2) is 0 Å². The molecule has 1 saturated carbocycles. The van der Waals surface area contributed by atoms with Gasteiger partial charge in [0.05, 0.1) is 31.0 Å². The van der Waals surface area contributed by atoms with E-state index < -0.39 is 43.7 Å². The van der Waals surface area contributed by atoms with Crippen molar-refractivity contribution in [2.45, 2.75) is 63.9 Å². The third-order valence-corrected chi connectivity index (χ3v) is 8.66. The van der Waals surface area contributed by atoms with Gasteiger partial charge < -0.3 is 14.2 Å². The normalized spacial score (nSPS) is 22.6. The lowest BCUT2D eigenvalue weighted by Crippen LogP contribution is -2.50. The number of ether oxygens (including phenoxy) is 3. The number of nitrogens with zero attached hydrogens (tertiary/aromatic N) is 1. The summed E-state index contributed by atoms with van der Waals surface area (Å²) in [7, 11) is -1.39. The number of esters is 2. The molecule has 0 amide bonds. The van der Waals surface area contributed by atoms with E-state index in [1.54, 1.807) is 12.4 Å². The van der Waals surface area contributed by atoms with E-state index in [1.807, 2.05) is 37.3 Å². The van der Waals surface area contributed by atoms with Crippen molar-refractivity contribution in [1.82, 2.24) is 4.98 Å². The molecule has 2 bridgehead atoms. The SMILES string of the molecule is CCCOC(=O)[C@H]1C(C(=O)OCC[Si](C)(C)C)C2CC(=O)[C@H]1c1cc(OCc3cccnc3)ccc12. The Labute approximate surface area is 213 Å². The quantitative estimate of drug-likeness (QED) is 0.333. The van der Waals surface area contributed by atoms with Crippen molar-refractivity contribution in [3.8, 4) is 5.75 Å². The third-order valence-electron chi connectivity index (χ3n) is 6.96. The van der Waals surface area contributed by atoms with Gasteiger partial charge in [-0.25, -0.2) is 0 Å². The van der Waals surface area contributed by atoms with E-state index in [-0.39, 0.29) is 18.8 Å². The maximum atomic E-state index is 13.3. The van der Waals surface area contributed by atoms with Crippen molar-refractivity contribution < 1.29 is 28.6 Å². The maximum absolute atomic E-state index is 13.3. The Morgan fingerprint density at radius 1 is 1.03 bits per heavy atom. The van der Waals surface area contributed by atoms with Crippen LogP contribution >= 0.6 is 0 Å². The first-order valence-electron chi connectivity index (χ1n) is 12.7. The van der Waals surface area contributed by atoms with Crippen LogP contribution in [0.15, 0.2) is 42.7 Å². The molecule has 36 heavy (non-hydrogen) atoms. The summed E-state index contributed by atoms with van der Waals surface area (Å²) in [6.45, 7) is 9.49. The van der Waals surface area contributed by atoms with Gasteiger partial charge in [-0.15, -0.1) is 0 Å². The number of carbonyl (C=O) groups is 3. The molecule has 3 aliphatic carbocycles. The Morgan fingerprint density at radius 3 is 2.47 bits per heavy atom. The van der Waals surface area contributed by atoms with Crippen molar-refractivity contribution in [2.24, 2.45) is 11.8 Å². The van der Waals surface area contributed by atoms with Crippen LogP contribution in [-0.2, 0) is 30.5 Å². The van der Waals surface area contributed by atoms with E-state index >= 15 is 0 Å². The highest BCUT2D eigenvalue weighted by atomic mass is 28.3. The van der Waals surface area contributed by atoms with Gasteiger partial charge >= 0.3 is 11.9 Å². The van der Waals surface area contributed by atoms with Crippen molar-refractivity contribution in [3.05, 3.63) is 59.4 Å². The zero-order valence-electron chi connectivity index (χ0n) is 21.5. The first-order valence-corrected chi connectivity index (χ1v) is 16.4. The second-order valence-corrected chi connectivity index (χ2v) is 16.5. The Bertz CT molecular complexity index is 1110. The summed E-state index contributed by atoms with van der Waals surface area (Å²) < 4.78 is 17.2. The number of rotatable bonds is 10. The zero-order valence-corrected chi connectivity index (χ0v) is 22.5. The van der Waals surface area contributed by atoms with Gasteiger partial charge in [0, 0.05) is 38.4 Å². The van der Waals surface area contributed by atoms with E-state index in [0.29, 0.717) is 25.4 Å². The monoisotopic (exact) mass is 509 g/mol. The van der Waals surface area contributed by atoms with Crippen LogP contribution in [0.4, 0.5) is 0 Å². The van der Waals surface area contributed by atoms with Crippen LogP contribution in [0.3, 0.4) is 0 Å².